The van der Waals surface area contributed by atoms with Gasteiger partial charge in [0.25, 0.3) is 0 Å². The lowest BCUT2D eigenvalue weighted by Gasteiger charge is -2.11. The Bertz CT molecular complexity index is 1120. The summed E-state index contributed by atoms with van der Waals surface area (Å²) in [4.78, 5) is 17.5. The van der Waals surface area contributed by atoms with Crippen LogP contribution in [0.25, 0.3) is 21.5 Å². The van der Waals surface area contributed by atoms with Gasteiger partial charge in [-0.25, -0.2) is 0 Å². The van der Waals surface area contributed by atoms with Crippen molar-refractivity contribution in [3.05, 3.63) is 42.9 Å². The Kier molecular flexibility index (Phi) is 4.85. The third-order valence-electron chi connectivity index (χ3n) is 4.04. The van der Waals surface area contributed by atoms with Crippen LogP contribution in [-0.2, 0) is 4.79 Å². The molecule has 3 N–H and O–H groups in total. The number of hydrogen-bond donors (Lipinski definition) is 3. The van der Waals surface area contributed by atoms with Crippen LogP contribution in [0.1, 0.15) is 0 Å². The summed E-state index contributed by atoms with van der Waals surface area (Å²) >= 11 is 1.43. The molecular weight excluding hydrogens is 376 g/mol. The largest absolute Gasteiger partial charge is 0.375 e. The van der Waals surface area contributed by atoms with Crippen LogP contribution in [0.2, 0.25) is 0 Å². The normalized spacial score (nSPS) is 10.8. The molecule has 1 aromatic carbocycles. The molecule has 4 aromatic rings. The van der Waals surface area contributed by atoms with E-state index in [2.05, 4.69) is 36.0 Å². The highest BCUT2D eigenvalue weighted by Crippen LogP contribution is 2.29. The van der Waals surface area contributed by atoms with E-state index in [9.17, 15) is 4.79 Å². The Labute approximate surface area is 164 Å². The highest BCUT2D eigenvalue weighted by Gasteiger charge is 2.10. The molecule has 9 nitrogen and oxygen atoms in total. The molecule has 0 aliphatic carbocycles. The van der Waals surface area contributed by atoms with Crippen molar-refractivity contribution in [2.75, 3.05) is 31.3 Å². The second-order valence-corrected chi connectivity index (χ2v) is 7.29. The van der Waals surface area contributed by atoms with Crippen molar-refractivity contribution in [3.8, 4) is 10.6 Å². The lowest BCUT2D eigenvalue weighted by Crippen LogP contribution is -2.28. The number of nitrogens with one attached hydrogen (secondary N) is 3. The maximum absolute atomic E-state index is 11.7. The number of benzene rings is 1. The first-order valence-corrected chi connectivity index (χ1v) is 9.33. The summed E-state index contributed by atoms with van der Waals surface area (Å²) in [6, 6.07) is 7.81. The monoisotopic (exact) mass is 394 g/mol. The first kappa shape index (κ1) is 17.9. The fourth-order valence-electron chi connectivity index (χ4n) is 2.52. The van der Waals surface area contributed by atoms with E-state index in [0.29, 0.717) is 5.13 Å². The van der Waals surface area contributed by atoms with Crippen LogP contribution in [0.15, 0.2) is 42.9 Å². The molecule has 0 aliphatic rings. The molecule has 4 rings (SSSR count). The maximum atomic E-state index is 11.7. The topological polar surface area (TPSA) is 112 Å². The summed E-state index contributed by atoms with van der Waals surface area (Å²) in [6.07, 6.45) is 5.17. The molecule has 142 valence electrons. The molecule has 0 radical (unpaired) electrons. The van der Waals surface area contributed by atoms with Crippen LogP contribution in [0.5, 0.6) is 0 Å². The van der Waals surface area contributed by atoms with E-state index in [1.807, 2.05) is 24.3 Å². The van der Waals surface area contributed by atoms with Gasteiger partial charge in [-0.3, -0.25) is 14.9 Å². The van der Waals surface area contributed by atoms with Crippen molar-refractivity contribution < 1.29 is 4.79 Å². The van der Waals surface area contributed by atoms with Crippen molar-refractivity contribution in [2.24, 2.45) is 0 Å². The lowest BCUT2D eigenvalue weighted by molar-refractivity contribution is -0.126. The zero-order chi connectivity index (χ0) is 19.5. The Morgan fingerprint density at radius 3 is 2.89 bits per heavy atom. The van der Waals surface area contributed by atoms with Gasteiger partial charge >= 0.3 is 0 Å². The van der Waals surface area contributed by atoms with Gasteiger partial charge in [0.05, 0.1) is 23.9 Å². The summed E-state index contributed by atoms with van der Waals surface area (Å²) in [6.45, 7) is 0.206. The van der Waals surface area contributed by atoms with Crippen molar-refractivity contribution >= 4 is 44.7 Å². The molecule has 3 heterocycles. The van der Waals surface area contributed by atoms with E-state index in [-0.39, 0.29) is 12.5 Å². The number of hydrogen-bond acceptors (Lipinski definition) is 8. The number of amides is 1. The molecule has 0 fully saturated rings. The average molecular weight is 394 g/mol. The Morgan fingerprint density at radius 2 is 2.04 bits per heavy atom. The van der Waals surface area contributed by atoms with Crippen molar-refractivity contribution in [1.82, 2.24) is 30.3 Å². The minimum Gasteiger partial charge on any atom is -0.375 e. The Balaban J connectivity index is 1.47. The molecular formula is C18H18N8OS. The number of aromatic nitrogens is 5. The molecule has 0 aliphatic heterocycles. The molecule has 10 heteroatoms. The minimum atomic E-state index is -0.0117. The summed E-state index contributed by atoms with van der Waals surface area (Å²) < 4.78 is 0. The summed E-state index contributed by atoms with van der Waals surface area (Å²) in [7, 11) is 3.44. The van der Waals surface area contributed by atoms with E-state index in [1.165, 1.54) is 16.2 Å². The molecule has 0 bridgehead atoms. The first-order valence-electron chi connectivity index (χ1n) is 8.51. The average Bonchev–Trinajstić information content (AvgIpc) is 3.35. The van der Waals surface area contributed by atoms with Gasteiger partial charge in [-0.05, 0) is 24.3 Å². The zero-order valence-corrected chi connectivity index (χ0v) is 16.1. The number of H-pyrrole nitrogens is 1. The maximum Gasteiger partial charge on any atom is 0.241 e. The number of aromatic amines is 1. The minimum absolute atomic E-state index is 0.0117. The second kappa shape index (κ2) is 7.61. The summed E-state index contributed by atoms with van der Waals surface area (Å²) in [5, 5.41) is 24.2. The summed E-state index contributed by atoms with van der Waals surface area (Å²) in [5.41, 5.74) is 3.47. The van der Waals surface area contributed by atoms with Crippen LogP contribution in [0, 0.1) is 0 Å². The predicted octanol–water partition coefficient (Wildman–Crippen LogP) is 2.72. The number of rotatable bonds is 6. The first-order chi connectivity index (χ1) is 13.6. The van der Waals surface area contributed by atoms with Crippen LogP contribution < -0.4 is 10.6 Å². The molecule has 3 aromatic heterocycles. The SMILES string of the molecule is CN(C)C(=O)CNc1cncc(-c2nnc(Nc3ccc4[nH]ncc4c3)s2)c1. The van der Waals surface area contributed by atoms with Crippen molar-refractivity contribution in [3.63, 3.8) is 0 Å². The van der Waals surface area contributed by atoms with Gasteiger partial charge in [-0.15, -0.1) is 10.2 Å². The van der Waals surface area contributed by atoms with E-state index in [0.717, 1.165) is 32.8 Å². The van der Waals surface area contributed by atoms with E-state index in [4.69, 9.17) is 0 Å². The Hall–Kier alpha value is -3.53. The highest BCUT2D eigenvalue weighted by atomic mass is 32.1. The van der Waals surface area contributed by atoms with Gasteiger partial charge in [-0.2, -0.15) is 5.10 Å². The fourth-order valence-corrected chi connectivity index (χ4v) is 3.27. The van der Waals surface area contributed by atoms with Gasteiger partial charge in [0, 0.05) is 43.1 Å². The van der Waals surface area contributed by atoms with Crippen LogP contribution in [-0.4, -0.2) is 56.8 Å². The molecule has 0 spiro atoms. The van der Waals surface area contributed by atoms with Gasteiger partial charge in [0.2, 0.25) is 11.0 Å². The lowest BCUT2D eigenvalue weighted by atomic mass is 10.2. The van der Waals surface area contributed by atoms with Gasteiger partial charge in [-0.1, -0.05) is 11.3 Å². The quantitative estimate of drug-likeness (QED) is 0.461. The van der Waals surface area contributed by atoms with Gasteiger partial charge in [0.1, 0.15) is 0 Å². The smallest absolute Gasteiger partial charge is 0.241 e. The molecule has 0 atom stereocenters. The van der Waals surface area contributed by atoms with Crippen molar-refractivity contribution in [1.29, 1.82) is 0 Å². The third-order valence-corrected chi connectivity index (χ3v) is 4.93. The Morgan fingerprint density at radius 1 is 1.14 bits per heavy atom. The van der Waals surface area contributed by atoms with Crippen LogP contribution in [0.3, 0.4) is 0 Å². The van der Waals surface area contributed by atoms with Gasteiger partial charge in [0.15, 0.2) is 5.01 Å². The molecule has 0 unspecified atom stereocenters. The number of anilines is 3. The molecule has 28 heavy (non-hydrogen) atoms. The third kappa shape index (κ3) is 3.91. The highest BCUT2D eigenvalue weighted by molar-refractivity contribution is 7.18. The van der Waals surface area contributed by atoms with E-state index < -0.39 is 0 Å². The number of fused-ring (bicyclic) bond motifs is 1. The standard InChI is InChI=1S/C18H18N8OS/c1-26(2)16(27)10-20-14-6-12(7-19-9-14)17-24-25-18(28-17)22-13-3-4-15-11(5-13)8-21-23-15/h3-9,20H,10H2,1-2H3,(H,21,23)(H,22,25). The molecule has 1 amide bonds. The number of likely N-dealkylation sites (N-methyl/N-ethyl adjacent to an activating group) is 1. The number of carbonyl (C=O) groups excluding carboxylic acids is 1. The zero-order valence-electron chi connectivity index (χ0n) is 15.3. The van der Waals surface area contributed by atoms with Crippen molar-refractivity contribution in [2.45, 2.75) is 0 Å². The van der Waals surface area contributed by atoms with E-state index >= 15 is 0 Å². The fraction of sp³-hybridized carbons (Fsp3) is 0.167. The van der Waals surface area contributed by atoms with Crippen LogP contribution in [0.4, 0.5) is 16.5 Å². The second-order valence-electron chi connectivity index (χ2n) is 6.31. The summed E-state index contributed by atoms with van der Waals surface area (Å²) in [5.74, 6) is -0.0117. The number of nitrogens with zero attached hydrogens (tertiary/aromatic N) is 5. The van der Waals surface area contributed by atoms with Gasteiger partial charge < -0.3 is 15.5 Å². The van der Waals surface area contributed by atoms with E-state index in [1.54, 1.807) is 32.7 Å². The number of pyridine rings is 1. The number of carbonyl (C=O) groups is 1. The molecule has 0 saturated carbocycles. The molecule has 0 saturated heterocycles. The predicted molar refractivity (Wildman–Crippen MR) is 110 cm³/mol. The van der Waals surface area contributed by atoms with Crippen LogP contribution >= 0.6 is 11.3 Å².